The average Bonchev–Trinajstić information content (AvgIpc) is 3.49. The number of hydrogen-bond donors (Lipinski definition) is 1. The largest absolute Gasteiger partial charge is 0.344 e. The molecule has 2 amide bonds. The van der Waals surface area contributed by atoms with Gasteiger partial charge in [-0.2, -0.15) is 10.4 Å². The maximum Gasteiger partial charge on any atom is 0.256 e. The Bertz CT molecular complexity index is 1250. The Morgan fingerprint density at radius 1 is 1.27 bits per heavy atom. The van der Waals surface area contributed by atoms with E-state index in [1.165, 1.54) is 29.3 Å². The monoisotopic (exact) mass is 447 g/mol. The van der Waals surface area contributed by atoms with E-state index in [4.69, 9.17) is 5.26 Å². The van der Waals surface area contributed by atoms with Crippen LogP contribution < -0.4 is 5.32 Å². The Morgan fingerprint density at radius 3 is 2.76 bits per heavy atom. The Labute approximate surface area is 189 Å². The van der Waals surface area contributed by atoms with Crippen molar-refractivity contribution in [2.45, 2.75) is 25.8 Å². The SMILES string of the molecule is CC(NC(=O)c1cc(F)cc(C#N)c1)c1nccnc1-n1cc(C(=O)N(C)CC2CC2)cn1. The molecule has 2 heterocycles. The molecule has 0 spiro atoms. The van der Waals surface area contributed by atoms with Crippen molar-refractivity contribution in [2.75, 3.05) is 13.6 Å². The number of benzene rings is 1. The lowest BCUT2D eigenvalue weighted by atomic mass is 10.1. The third-order valence-corrected chi connectivity index (χ3v) is 5.38. The normalized spacial score (nSPS) is 13.8. The van der Waals surface area contributed by atoms with Crippen LogP contribution in [-0.4, -0.2) is 50.1 Å². The average molecular weight is 447 g/mol. The summed E-state index contributed by atoms with van der Waals surface area (Å²) in [4.78, 5) is 35.7. The van der Waals surface area contributed by atoms with Crippen molar-refractivity contribution >= 4 is 11.8 Å². The van der Waals surface area contributed by atoms with E-state index in [1.807, 2.05) is 6.07 Å². The highest BCUT2D eigenvalue weighted by Gasteiger charge is 2.26. The highest BCUT2D eigenvalue weighted by atomic mass is 19.1. The van der Waals surface area contributed by atoms with E-state index in [-0.39, 0.29) is 17.0 Å². The minimum atomic E-state index is -0.674. The van der Waals surface area contributed by atoms with Crippen LogP contribution in [0.2, 0.25) is 0 Å². The Kier molecular flexibility index (Phi) is 6.13. The third-order valence-electron chi connectivity index (χ3n) is 5.38. The second-order valence-electron chi connectivity index (χ2n) is 8.10. The van der Waals surface area contributed by atoms with E-state index in [9.17, 15) is 14.0 Å². The Hall–Kier alpha value is -4.13. The summed E-state index contributed by atoms with van der Waals surface area (Å²) in [6.07, 6.45) is 8.33. The fourth-order valence-electron chi connectivity index (χ4n) is 3.50. The van der Waals surface area contributed by atoms with Gasteiger partial charge >= 0.3 is 0 Å². The predicted octanol–water partition coefficient (Wildman–Crippen LogP) is 2.65. The molecular weight excluding hydrogens is 425 g/mol. The number of nitrogens with zero attached hydrogens (tertiary/aromatic N) is 6. The van der Waals surface area contributed by atoms with Crippen LogP contribution in [0.3, 0.4) is 0 Å². The molecule has 1 aliphatic carbocycles. The summed E-state index contributed by atoms with van der Waals surface area (Å²) >= 11 is 0. The van der Waals surface area contributed by atoms with E-state index >= 15 is 0 Å². The zero-order valence-corrected chi connectivity index (χ0v) is 18.2. The first-order valence-corrected chi connectivity index (χ1v) is 10.5. The zero-order valence-electron chi connectivity index (χ0n) is 18.2. The van der Waals surface area contributed by atoms with Gasteiger partial charge in [0.05, 0.1) is 29.4 Å². The van der Waals surface area contributed by atoms with Gasteiger partial charge < -0.3 is 10.2 Å². The van der Waals surface area contributed by atoms with Crippen LogP contribution >= 0.6 is 0 Å². The van der Waals surface area contributed by atoms with Gasteiger partial charge in [0, 0.05) is 37.7 Å². The lowest BCUT2D eigenvalue weighted by molar-refractivity contribution is 0.0788. The highest BCUT2D eigenvalue weighted by molar-refractivity contribution is 5.95. The van der Waals surface area contributed by atoms with Crippen LogP contribution in [0, 0.1) is 23.1 Å². The smallest absolute Gasteiger partial charge is 0.256 e. The van der Waals surface area contributed by atoms with Crippen molar-refractivity contribution in [3.63, 3.8) is 0 Å². The fraction of sp³-hybridized carbons (Fsp3) is 0.304. The van der Waals surface area contributed by atoms with Gasteiger partial charge in [-0.05, 0) is 43.9 Å². The van der Waals surface area contributed by atoms with Gasteiger partial charge in [-0.3, -0.25) is 14.6 Å². The van der Waals surface area contributed by atoms with Gasteiger partial charge in [0.1, 0.15) is 11.5 Å². The minimum Gasteiger partial charge on any atom is -0.344 e. The maximum atomic E-state index is 13.7. The second-order valence-corrected chi connectivity index (χ2v) is 8.10. The van der Waals surface area contributed by atoms with Crippen LogP contribution in [-0.2, 0) is 0 Å². The van der Waals surface area contributed by atoms with Crippen molar-refractivity contribution < 1.29 is 14.0 Å². The molecule has 4 rings (SSSR count). The van der Waals surface area contributed by atoms with Crippen LogP contribution in [0.4, 0.5) is 4.39 Å². The molecule has 2 aromatic heterocycles. The van der Waals surface area contributed by atoms with E-state index in [0.717, 1.165) is 31.5 Å². The van der Waals surface area contributed by atoms with Gasteiger partial charge in [0.2, 0.25) is 0 Å². The van der Waals surface area contributed by atoms with Crippen molar-refractivity contribution in [1.29, 1.82) is 5.26 Å². The summed E-state index contributed by atoms with van der Waals surface area (Å²) in [5.41, 5.74) is 0.911. The molecule has 0 aliphatic heterocycles. The number of aromatic nitrogens is 4. The van der Waals surface area contributed by atoms with E-state index < -0.39 is 17.8 Å². The number of carbonyl (C=O) groups excluding carboxylic acids is 2. The van der Waals surface area contributed by atoms with E-state index in [2.05, 4.69) is 20.4 Å². The van der Waals surface area contributed by atoms with Gasteiger partial charge in [-0.1, -0.05) is 0 Å². The van der Waals surface area contributed by atoms with Gasteiger partial charge in [-0.25, -0.2) is 14.1 Å². The number of amides is 2. The van der Waals surface area contributed by atoms with Crippen molar-refractivity contribution in [3.8, 4) is 11.9 Å². The second kappa shape index (κ2) is 9.16. The molecule has 33 heavy (non-hydrogen) atoms. The maximum absolute atomic E-state index is 13.7. The molecule has 0 radical (unpaired) electrons. The molecule has 168 valence electrons. The molecule has 1 aromatic carbocycles. The number of hydrogen-bond acceptors (Lipinski definition) is 6. The molecule has 10 heteroatoms. The number of nitriles is 1. The molecule has 1 saturated carbocycles. The quantitative estimate of drug-likeness (QED) is 0.595. The molecule has 0 bridgehead atoms. The fourth-order valence-corrected chi connectivity index (χ4v) is 3.50. The lowest BCUT2D eigenvalue weighted by Crippen LogP contribution is -2.29. The lowest BCUT2D eigenvalue weighted by Gasteiger charge is -2.16. The molecule has 1 aliphatic rings. The predicted molar refractivity (Wildman–Crippen MR) is 116 cm³/mol. The molecular formula is C23H22FN7O2. The standard InChI is InChI=1S/C23H22FN7O2/c1-14(29-22(32)17-7-16(10-25)8-19(24)9-17)20-21(27-6-5-26-20)31-13-18(11-28-31)23(33)30(2)12-15-3-4-15/h5-9,11,13-15H,3-4,12H2,1-2H3,(H,29,32). The van der Waals surface area contributed by atoms with Crippen molar-refractivity contribution in [1.82, 2.24) is 30.0 Å². The summed E-state index contributed by atoms with van der Waals surface area (Å²) in [5.74, 6) is -0.432. The number of rotatable bonds is 7. The van der Waals surface area contributed by atoms with Gasteiger partial charge in [0.25, 0.3) is 11.8 Å². The summed E-state index contributed by atoms with van der Waals surface area (Å²) in [7, 11) is 1.77. The summed E-state index contributed by atoms with van der Waals surface area (Å²) < 4.78 is 15.2. The zero-order chi connectivity index (χ0) is 23.5. The number of halogens is 1. The topological polar surface area (TPSA) is 117 Å². The molecule has 1 fully saturated rings. The molecule has 0 saturated heterocycles. The molecule has 1 unspecified atom stereocenters. The summed E-state index contributed by atoms with van der Waals surface area (Å²) in [6, 6.07) is 4.64. The number of nitrogens with one attached hydrogen (secondary N) is 1. The molecule has 1 atom stereocenters. The van der Waals surface area contributed by atoms with Crippen LogP contribution in [0.1, 0.15) is 57.8 Å². The Morgan fingerprint density at radius 2 is 2.03 bits per heavy atom. The first kappa shape index (κ1) is 22.1. The highest BCUT2D eigenvalue weighted by Crippen LogP contribution is 2.29. The third kappa shape index (κ3) is 5.03. The summed E-state index contributed by atoms with van der Waals surface area (Å²) in [5, 5.41) is 16.0. The van der Waals surface area contributed by atoms with Crippen LogP contribution in [0.25, 0.3) is 5.82 Å². The van der Waals surface area contributed by atoms with E-state index in [1.54, 1.807) is 25.1 Å². The first-order valence-electron chi connectivity index (χ1n) is 10.5. The van der Waals surface area contributed by atoms with Crippen LogP contribution in [0.5, 0.6) is 0 Å². The van der Waals surface area contributed by atoms with E-state index in [0.29, 0.717) is 23.0 Å². The Balaban J connectivity index is 1.53. The van der Waals surface area contributed by atoms with Crippen molar-refractivity contribution in [3.05, 3.63) is 71.2 Å². The van der Waals surface area contributed by atoms with Gasteiger partial charge in [0.15, 0.2) is 5.82 Å². The van der Waals surface area contributed by atoms with Gasteiger partial charge in [-0.15, -0.1) is 0 Å². The summed E-state index contributed by atoms with van der Waals surface area (Å²) in [6.45, 7) is 2.42. The number of carbonyl (C=O) groups is 2. The first-order chi connectivity index (χ1) is 15.9. The molecule has 3 aromatic rings. The molecule has 1 N–H and O–H groups in total. The molecule has 9 nitrogen and oxygen atoms in total. The van der Waals surface area contributed by atoms with Crippen molar-refractivity contribution in [2.24, 2.45) is 5.92 Å². The minimum absolute atomic E-state index is 0.0227. The van der Waals surface area contributed by atoms with Crippen LogP contribution in [0.15, 0.2) is 43.0 Å².